The number of carbonyl (C=O) groups is 1. The van der Waals surface area contributed by atoms with Crippen molar-refractivity contribution < 1.29 is 21.6 Å². The number of benzene rings is 2. The maximum absolute atomic E-state index is 12.5. The molecule has 0 aliphatic rings. The van der Waals surface area contributed by atoms with Crippen LogP contribution in [0.4, 0.5) is 5.13 Å². The maximum Gasteiger partial charge on any atom is 0.263 e. The number of nitrogens with two attached hydrogens (primary N) is 1. The molecule has 32 heavy (non-hydrogen) atoms. The van der Waals surface area contributed by atoms with E-state index < -0.39 is 20.0 Å². The van der Waals surface area contributed by atoms with Crippen LogP contribution in [0.15, 0.2) is 58.3 Å². The second-order valence-corrected chi connectivity index (χ2v) is 11.3. The van der Waals surface area contributed by atoms with E-state index in [2.05, 4.69) is 15.0 Å². The number of thiazole rings is 1. The number of anilines is 1. The number of carbonyl (C=O) groups excluding carboxylic acids is 1. The highest BCUT2D eigenvalue weighted by molar-refractivity contribution is 7.93. The Bertz CT molecular complexity index is 1330. The fourth-order valence-electron chi connectivity index (χ4n) is 2.79. The lowest BCUT2D eigenvalue weighted by atomic mass is 10.1. The predicted octanol–water partition coefficient (Wildman–Crippen LogP) is 2.18. The van der Waals surface area contributed by atoms with Crippen LogP contribution in [-0.2, 0) is 26.5 Å². The number of primary sulfonamides is 1. The zero-order valence-electron chi connectivity index (χ0n) is 17.3. The molecule has 0 saturated heterocycles. The van der Waals surface area contributed by atoms with E-state index in [1.165, 1.54) is 24.3 Å². The van der Waals surface area contributed by atoms with Gasteiger partial charge in [0.05, 0.1) is 15.5 Å². The highest BCUT2D eigenvalue weighted by Crippen LogP contribution is 2.25. The number of hydrogen-bond donors (Lipinski definition) is 3. The predicted molar refractivity (Wildman–Crippen MR) is 123 cm³/mol. The zero-order valence-corrected chi connectivity index (χ0v) is 19.8. The SMILES string of the molecule is Cc1ccc(S(=O)(=O)Nc2nc(C)c(C(=O)NCCc3ccc(S(N)(=O)=O)cc3)s2)cc1. The van der Waals surface area contributed by atoms with Crippen molar-refractivity contribution in [2.24, 2.45) is 5.14 Å². The number of sulfonamides is 2. The summed E-state index contributed by atoms with van der Waals surface area (Å²) in [6, 6.07) is 12.5. The van der Waals surface area contributed by atoms with Crippen LogP contribution in [0.2, 0.25) is 0 Å². The summed E-state index contributed by atoms with van der Waals surface area (Å²) < 4.78 is 50.0. The van der Waals surface area contributed by atoms with E-state index in [-0.39, 0.29) is 20.8 Å². The lowest BCUT2D eigenvalue weighted by Crippen LogP contribution is -2.25. The van der Waals surface area contributed by atoms with Gasteiger partial charge >= 0.3 is 0 Å². The summed E-state index contributed by atoms with van der Waals surface area (Å²) in [6.07, 6.45) is 0.474. The standard InChI is InChI=1S/C20H22N4O5S3/c1-13-3-7-17(8-4-13)32(28,29)24-20-23-14(2)18(30-20)19(25)22-12-11-15-5-9-16(10-6-15)31(21,26)27/h3-10H,11-12H2,1-2H3,(H,22,25)(H,23,24)(H2,21,26,27). The molecule has 1 amide bonds. The molecule has 0 aliphatic carbocycles. The minimum atomic E-state index is -3.81. The van der Waals surface area contributed by atoms with E-state index in [4.69, 9.17) is 5.14 Å². The Morgan fingerprint density at radius 3 is 2.16 bits per heavy atom. The summed E-state index contributed by atoms with van der Waals surface area (Å²) in [6.45, 7) is 3.79. The van der Waals surface area contributed by atoms with Crippen molar-refractivity contribution in [2.45, 2.75) is 30.1 Å². The van der Waals surface area contributed by atoms with Gasteiger partial charge in [-0.1, -0.05) is 41.2 Å². The van der Waals surface area contributed by atoms with Crippen molar-refractivity contribution in [2.75, 3.05) is 11.3 Å². The molecule has 1 heterocycles. The number of hydrogen-bond acceptors (Lipinski definition) is 7. The third-order valence-corrected chi connectivity index (χ3v) is 7.99. The Balaban J connectivity index is 1.61. The highest BCUT2D eigenvalue weighted by Gasteiger charge is 2.20. The molecule has 0 radical (unpaired) electrons. The van der Waals surface area contributed by atoms with Crippen molar-refractivity contribution in [3.8, 4) is 0 Å². The summed E-state index contributed by atoms with van der Waals surface area (Å²) in [7, 11) is -7.56. The quantitative estimate of drug-likeness (QED) is 0.437. The van der Waals surface area contributed by atoms with Crippen LogP contribution in [-0.4, -0.2) is 34.3 Å². The van der Waals surface area contributed by atoms with E-state index >= 15 is 0 Å². The summed E-state index contributed by atoms with van der Waals surface area (Å²) in [4.78, 5) is 17.1. The normalized spacial score (nSPS) is 11.8. The maximum atomic E-state index is 12.5. The number of aryl methyl sites for hydroxylation is 2. The fraction of sp³-hybridized carbons (Fsp3) is 0.200. The lowest BCUT2D eigenvalue weighted by Gasteiger charge is -2.06. The third-order valence-electron chi connectivity index (χ3n) is 4.51. The average molecular weight is 495 g/mol. The molecule has 0 unspecified atom stereocenters. The molecule has 3 aromatic rings. The molecule has 0 atom stereocenters. The van der Waals surface area contributed by atoms with Gasteiger partial charge in [-0.25, -0.2) is 27.0 Å². The Morgan fingerprint density at radius 2 is 1.56 bits per heavy atom. The molecule has 0 aliphatic heterocycles. The van der Waals surface area contributed by atoms with Gasteiger partial charge in [-0.2, -0.15) is 0 Å². The van der Waals surface area contributed by atoms with E-state index in [9.17, 15) is 21.6 Å². The molecule has 9 nitrogen and oxygen atoms in total. The van der Waals surface area contributed by atoms with Crippen molar-refractivity contribution >= 4 is 42.4 Å². The summed E-state index contributed by atoms with van der Waals surface area (Å²) in [5, 5.41) is 7.93. The first kappa shape index (κ1) is 23.9. The third kappa shape index (κ3) is 5.91. The van der Waals surface area contributed by atoms with Crippen molar-refractivity contribution in [3.05, 3.63) is 70.2 Å². The van der Waals surface area contributed by atoms with Gasteiger partial charge in [-0.15, -0.1) is 0 Å². The Morgan fingerprint density at radius 1 is 0.969 bits per heavy atom. The molecule has 2 aromatic carbocycles. The Labute approximate surface area is 190 Å². The van der Waals surface area contributed by atoms with Crippen LogP contribution in [0.5, 0.6) is 0 Å². The number of nitrogens with zero attached hydrogens (tertiary/aromatic N) is 1. The van der Waals surface area contributed by atoms with Gasteiger partial charge in [0.15, 0.2) is 5.13 Å². The second-order valence-electron chi connectivity index (χ2n) is 7.05. The van der Waals surface area contributed by atoms with Crippen LogP contribution in [0, 0.1) is 13.8 Å². The van der Waals surface area contributed by atoms with Gasteiger partial charge in [0, 0.05) is 6.54 Å². The number of amides is 1. The van der Waals surface area contributed by atoms with Gasteiger partial charge in [0.25, 0.3) is 15.9 Å². The smallest absolute Gasteiger partial charge is 0.263 e. The largest absolute Gasteiger partial charge is 0.351 e. The van der Waals surface area contributed by atoms with Crippen LogP contribution in [0.1, 0.15) is 26.5 Å². The molecule has 0 saturated carbocycles. The van der Waals surface area contributed by atoms with Crippen molar-refractivity contribution in [3.63, 3.8) is 0 Å². The Hall–Kier alpha value is -2.80. The monoisotopic (exact) mass is 494 g/mol. The fourth-order valence-corrected chi connectivity index (χ4v) is 5.42. The minimum Gasteiger partial charge on any atom is -0.351 e. The number of rotatable bonds is 8. The number of nitrogens with one attached hydrogen (secondary N) is 2. The van der Waals surface area contributed by atoms with Gasteiger partial charge in [0.1, 0.15) is 4.88 Å². The molecule has 170 valence electrons. The Kier molecular flexibility index (Phi) is 6.98. The molecule has 1 aromatic heterocycles. The average Bonchev–Trinajstić information content (AvgIpc) is 3.07. The summed E-state index contributed by atoms with van der Waals surface area (Å²) in [5.41, 5.74) is 2.17. The van der Waals surface area contributed by atoms with E-state index in [1.807, 2.05) is 6.92 Å². The summed E-state index contributed by atoms with van der Waals surface area (Å²) >= 11 is 0.949. The van der Waals surface area contributed by atoms with E-state index in [1.54, 1.807) is 31.2 Å². The first-order valence-corrected chi connectivity index (χ1v) is 13.3. The molecule has 0 bridgehead atoms. The van der Waals surface area contributed by atoms with E-state index in [0.29, 0.717) is 23.5 Å². The topological polar surface area (TPSA) is 148 Å². The molecular weight excluding hydrogens is 472 g/mol. The molecular formula is C20H22N4O5S3. The van der Waals surface area contributed by atoms with Crippen molar-refractivity contribution in [1.29, 1.82) is 0 Å². The second kappa shape index (κ2) is 9.36. The first-order valence-electron chi connectivity index (χ1n) is 9.42. The van der Waals surface area contributed by atoms with Crippen molar-refractivity contribution in [1.82, 2.24) is 10.3 Å². The summed E-state index contributed by atoms with van der Waals surface area (Å²) in [5.74, 6) is -0.373. The van der Waals surface area contributed by atoms with Crippen LogP contribution < -0.4 is 15.2 Å². The highest BCUT2D eigenvalue weighted by atomic mass is 32.2. The molecule has 4 N–H and O–H groups in total. The molecule has 12 heteroatoms. The lowest BCUT2D eigenvalue weighted by molar-refractivity contribution is 0.0957. The molecule has 3 rings (SSSR count). The van der Waals surface area contributed by atoms with Gasteiger partial charge in [0.2, 0.25) is 10.0 Å². The van der Waals surface area contributed by atoms with Gasteiger partial charge < -0.3 is 5.32 Å². The van der Waals surface area contributed by atoms with Crippen LogP contribution in [0.25, 0.3) is 0 Å². The van der Waals surface area contributed by atoms with Crippen LogP contribution in [0.3, 0.4) is 0 Å². The first-order chi connectivity index (χ1) is 15.0. The van der Waals surface area contributed by atoms with Gasteiger partial charge in [-0.05, 0) is 50.1 Å². The zero-order chi connectivity index (χ0) is 23.5. The number of aromatic nitrogens is 1. The van der Waals surface area contributed by atoms with E-state index in [0.717, 1.165) is 22.5 Å². The molecule has 0 spiro atoms. The van der Waals surface area contributed by atoms with Gasteiger partial charge in [-0.3, -0.25) is 9.52 Å². The molecule has 0 fully saturated rings. The van der Waals surface area contributed by atoms with Crippen LogP contribution >= 0.6 is 11.3 Å². The minimum absolute atomic E-state index is 0.0196.